The molecule has 0 aromatic rings. The van der Waals surface area contributed by atoms with Crippen molar-refractivity contribution in [3.63, 3.8) is 0 Å². The van der Waals surface area contributed by atoms with Gasteiger partial charge in [-0.25, -0.2) is 0 Å². The number of carbonyl (C=O) groups is 1. The summed E-state index contributed by atoms with van der Waals surface area (Å²) in [4.78, 5) is 13.5. The number of nitrogens with zero attached hydrogens (tertiary/aromatic N) is 1. The average Bonchev–Trinajstić information content (AvgIpc) is 2.57. The Hall–Kier alpha value is -0.570. The lowest BCUT2D eigenvalue weighted by Gasteiger charge is -2.13. The SMILES string of the molecule is CCNC(=O)CCCN1CCCC1. The summed E-state index contributed by atoms with van der Waals surface area (Å²) in [6.45, 7) is 6.27. The number of hydrogen-bond donors (Lipinski definition) is 1. The van der Waals surface area contributed by atoms with Crippen molar-refractivity contribution in [3.8, 4) is 0 Å². The van der Waals surface area contributed by atoms with Gasteiger partial charge in [0.15, 0.2) is 0 Å². The molecule has 0 spiro atoms. The van der Waals surface area contributed by atoms with Crippen LogP contribution in [0, 0.1) is 0 Å². The molecule has 1 heterocycles. The van der Waals surface area contributed by atoms with Gasteiger partial charge in [0.1, 0.15) is 0 Å². The van der Waals surface area contributed by atoms with Crippen LogP contribution in [-0.2, 0) is 4.79 Å². The maximum Gasteiger partial charge on any atom is 0.220 e. The summed E-state index contributed by atoms with van der Waals surface area (Å²) in [7, 11) is 0. The number of hydrogen-bond acceptors (Lipinski definition) is 2. The highest BCUT2D eigenvalue weighted by Gasteiger charge is 2.10. The first-order chi connectivity index (χ1) is 6.33. The molecule has 0 bridgehead atoms. The van der Waals surface area contributed by atoms with Crippen molar-refractivity contribution in [3.05, 3.63) is 0 Å². The minimum Gasteiger partial charge on any atom is -0.356 e. The zero-order valence-corrected chi connectivity index (χ0v) is 8.51. The van der Waals surface area contributed by atoms with Crippen molar-refractivity contribution in [2.45, 2.75) is 32.6 Å². The first kappa shape index (κ1) is 10.5. The molecule has 13 heavy (non-hydrogen) atoms. The summed E-state index contributed by atoms with van der Waals surface area (Å²) in [5.74, 6) is 0.196. The molecule has 1 N–H and O–H groups in total. The predicted molar refractivity (Wildman–Crippen MR) is 53.6 cm³/mol. The van der Waals surface area contributed by atoms with E-state index in [-0.39, 0.29) is 5.91 Å². The van der Waals surface area contributed by atoms with Gasteiger partial charge in [-0.2, -0.15) is 0 Å². The minimum atomic E-state index is 0.196. The van der Waals surface area contributed by atoms with Crippen LogP contribution in [0.2, 0.25) is 0 Å². The second-order valence-electron chi connectivity index (χ2n) is 3.61. The molecular weight excluding hydrogens is 164 g/mol. The molecule has 0 unspecified atom stereocenters. The first-order valence-electron chi connectivity index (χ1n) is 5.32. The average molecular weight is 184 g/mol. The predicted octanol–water partition coefficient (Wildman–Crippen LogP) is 0.998. The molecule has 0 aromatic heterocycles. The van der Waals surface area contributed by atoms with E-state index in [4.69, 9.17) is 0 Å². The fourth-order valence-electron chi connectivity index (χ4n) is 1.76. The van der Waals surface area contributed by atoms with E-state index in [1.165, 1.54) is 25.9 Å². The Morgan fingerprint density at radius 2 is 2.08 bits per heavy atom. The van der Waals surface area contributed by atoms with Crippen molar-refractivity contribution >= 4 is 5.91 Å². The molecule has 1 aliphatic rings. The Morgan fingerprint density at radius 3 is 2.69 bits per heavy atom. The molecule has 1 rings (SSSR count). The smallest absolute Gasteiger partial charge is 0.220 e. The van der Waals surface area contributed by atoms with Crippen molar-refractivity contribution in [2.24, 2.45) is 0 Å². The lowest BCUT2D eigenvalue weighted by atomic mass is 10.3. The maximum absolute atomic E-state index is 11.1. The largest absolute Gasteiger partial charge is 0.356 e. The fraction of sp³-hybridized carbons (Fsp3) is 0.900. The summed E-state index contributed by atoms with van der Waals surface area (Å²) in [6.07, 6.45) is 4.36. The van der Waals surface area contributed by atoms with Gasteiger partial charge in [-0.3, -0.25) is 4.79 Å². The van der Waals surface area contributed by atoms with Gasteiger partial charge in [-0.15, -0.1) is 0 Å². The van der Waals surface area contributed by atoms with E-state index in [0.717, 1.165) is 19.5 Å². The normalized spacial score (nSPS) is 17.6. The number of nitrogens with one attached hydrogen (secondary N) is 1. The Bertz CT molecular complexity index is 153. The number of rotatable bonds is 5. The highest BCUT2D eigenvalue weighted by atomic mass is 16.1. The number of amides is 1. The molecule has 0 aliphatic carbocycles. The minimum absolute atomic E-state index is 0.196. The zero-order valence-electron chi connectivity index (χ0n) is 8.51. The van der Waals surface area contributed by atoms with Crippen molar-refractivity contribution in [2.75, 3.05) is 26.2 Å². The van der Waals surface area contributed by atoms with Gasteiger partial charge in [-0.05, 0) is 45.8 Å². The van der Waals surface area contributed by atoms with Crippen LogP contribution in [0.4, 0.5) is 0 Å². The Kier molecular flexibility index (Phi) is 4.83. The molecule has 0 aromatic carbocycles. The third-order valence-electron chi connectivity index (χ3n) is 2.45. The van der Waals surface area contributed by atoms with Gasteiger partial charge in [0.25, 0.3) is 0 Å². The van der Waals surface area contributed by atoms with Crippen molar-refractivity contribution in [1.82, 2.24) is 10.2 Å². The number of carbonyl (C=O) groups excluding carboxylic acids is 1. The van der Waals surface area contributed by atoms with Crippen LogP contribution in [0.15, 0.2) is 0 Å². The lowest BCUT2D eigenvalue weighted by molar-refractivity contribution is -0.121. The van der Waals surface area contributed by atoms with Crippen LogP contribution in [0.5, 0.6) is 0 Å². The zero-order chi connectivity index (χ0) is 9.52. The van der Waals surface area contributed by atoms with E-state index in [2.05, 4.69) is 10.2 Å². The van der Waals surface area contributed by atoms with Crippen LogP contribution in [0.3, 0.4) is 0 Å². The van der Waals surface area contributed by atoms with Crippen LogP contribution in [0.1, 0.15) is 32.6 Å². The highest BCUT2D eigenvalue weighted by molar-refractivity contribution is 5.75. The Morgan fingerprint density at radius 1 is 1.38 bits per heavy atom. The van der Waals surface area contributed by atoms with Crippen molar-refractivity contribution in [1.29, 1.82) is 0 Å². The molecule has 3 heteroatoms. The van der Waals surface area contributed by atoms with E-state index in [1.807, 2.05) is 6.92 Å². The summed E-state index contributed by atoms with van der Waals surface area (Å²) in [6, 6.07) is 0. The van der Waals surface area contributed by atoms with Crippen LogP contribution in [-0.4, -0.2) is 37.0 Å². The third kappa shape index (κ3) is 4.27. The fourth-order valence-corrected chi connectivity index (χ4v) is 1.76. The Labute approximate surface area is 80.5 Å². The van der Waals surface area contributed by atoms with Crippen molar-refractivity contribution < 1.29 is 4.79 Å². The van der Waals surface area contributed by atoms with E-state index in [1.54, 1.807) is 0 Å². The standard InChI is InChI=1S/C10H20N2O/c1-2-11-10(13)6-5-9-12-7-3-4-8-12/h2-9H2,1H3,(H,11,13). The third-order valence-corrected chi connectivity index (χ3v) is 2.45. The molecule has 0 atom stereocenters. The lowest BCUT2D eigenvalue weighted by Crippen LogP contribution is -2.25. The first-order valence-corrected chi connectivity index (χ1v) is 5.32. The second-order valence-corrected chi connectivity index (χ2v) is 3.61. The quantitative estimate of drug-likeness (QED) is 0.691. The van der Waals surface area contributed by atoms with Crippen LogP contribution < -0.4 is 5.32 Å². The summed E-state index contributed by atoms with van der Waals surface area (Å²) >= 11 is 0. The number of likely N-dealkylation sites (tertiary alicyclic amines) is 1. The molecule has 1 fully saturated rings. The van der Waals surface area contributed by atoms with Gasteiger partial charge < -0.3 is 10.2 Å². The maximum atomic E-state index is 11.1. The summed E-state index contributed by atoms with van der Waals surface area (Å²) in [5, 5.41) is 2.81. The molecule has 1 aliphatic heterocycles. The molecule has 1 amide bonds. The van der Waals surface area contributed by atoms with Crippen LogP contribution in [0.25, 0.3) is 0 Å². The van der Waals surface area contributed by atoms with E-state index in [0.29, 0.717) is 6.42 Å². The van der Waals surface area contributed by atoms with Gasteiger partial charge in [0.2, 0.25) is 5.91 Å². The molecule has 0 saturated carbocycles. The van der Waals surface area contributed by atoms with E-state index >= 15 is 0 Å². The molecule has 3 nitrogen and oxygen atoms in total. The molecular formula is C10H20N2O. The van der Waals surface area contributed by atoms with Gasteiger partial charge in [0, 0.05) is 13.0 Å². The van der Waals surface area contributed by atoms with Gasteiger partial charge >= 0.3 is 0 Å². The Balaban J connectivity index is 1.96. The van der Waals surface area contributed by atoms with Gasteiger partial charge in [-0.1, -0.05) is 0 Å². The molecule has 1 saturated heterocycles. The summed E-state index contributed by atoms with van der Waals surface area (Å²) < 4.78 is 0. The van der Waals surface area contributed by atoms with Gasteiger partial charge in [0.05, 0.1) is 0 Å². The van der Waals surface area contributed by atoms with E-state index < -0.39 is 0 Å². The molecule has 76 valence electrons. The molecule has 0 radical (unpaired) electrons. The monoisotopic (exact) mass is 184 g/mol. The van der Waals surface area contributed by atoms with E-state index in [9.17, 15) is 4.79 Å². The van der Waals surface area contributed by atoms with Crippen LogP contribution >= 0.6 is 0 Å². The topological polar surface area (TPSA) is 32.3 Å². The highest BCUT2D eigenvalue weighted by Crippen LogP contribution is 2.07. The summed E-state index contributed by atoms with van der Waals surface area (Å²) in [5.41, 5.74) is 0. The second kappa shape index (κ2) is 5.97.